The lowest BCUT2D eigenvalue weighted by Gasteiger charge is -2.45. The maximum absolute atomic E-state index is 3.89. The van der Waals surface area contributed by atoms with Crippen LogP contribution in [0.15, 0.2) is 29.2 Å². The highest BCUT2D eigenvalue weighted by atomic mass is 32.2. The van der Waals surface area contributed by atoms with Gasteiger partial charge in [0.05, 0.1) is 0 Å². The van der Waals surface area contributed by atoms with Gasteiger partial charge in [0.25, 0.3) is 0 Å². The van der Waals surface area contributed by atoms with Crippen LogP contribution < -0.4 is 5.32 Å². The highest BCUT2D eigenvalue weighted by Gasteiger charge is 2.34. The van der Waals surface area contributed by atoms with E-state index in [1.807, 2.05) is 0 Å². The molecule has 2 nitrogen and oxygen atoms in total. The summed E-state index contributed by atoms with van der Waals surface area (Å²) < 4.78 is 0. The van der Waals surface area contributed by atoms with Gasteiger partial charge >= 0.3 is 0 Å². The second-order valence-corrected chi connectivity index (χ2v) is 8.25. The number of hydrogen-bond donors (Lipinski definition) is 1. The second-order valence-electron chi connectivity index (χ2n) is 6.91. The fourth-order valence-electron chi connectivity index (χ4n) is 4.20. The topological polar surface area (TPSA) is 15.3 Å². The van der Waals surface area contributed by atoms with Crippen molar-refractivity contribution in [2.75, 3.05) is 25.0 Å². The van der Waals surface area contributed by atoms with Crippen LogP contribution in [0.3, 0.4) is 0 Å². The molecule has 1 unspecified atom stereocenters. The van der Waals surface area contributed by atoms with Crippen LogP contribution in [0.5, 0.6) is 0 Å². The lowest BCUT2D eigenvalue weighted by Crippen LogP contribution is -2.53. The van der Waals surface area contributed by atoms with Gasteiger partial charge in [0, 0.05) is 28.4 Å². The van der Waals surface area contributed by atoms with E-state index in [0.717, 1.165) is 11.2 Å². The van der Waals surface area contributed by atoms with Gasteiger partial charge in [-0.15, -0.1) is 11.8 Å². The van der Waals surface area contributed by atoms with Crippen molar-refractivity contribution in [3.8, 4) is 0 Å². The first-order valence-electron chi connectivity index (χ1n) is 8.63. The van der Waals surface area contributed by atoms with E-state index >= 15 is 0 Å². The zero-order valence-corrected chi connectivity index (χ0v) is 13.6. The monoisotopic (exact) mass is 302 g/mol. The van der Waals surface area contributed by atoms with Crippen LogP contribution in [0.25, 0.3) is 0 Å². The number of benzene rings is 1. The molecule has 0 radical (unpaired) electrons. The molecule has 114 valence electrons. The van der Waals surface area contributed by atoms with Crippen LogP contribution >= 0.6 is 11.8 Å². The number of nitrogens with zero attached hydrogens (tertiary/aromatic N) is 1. The van der Waals surface area contributed by atoms with E-state index in [9.17, 15) is 0 Å². The third-order valence-corrected chi connectivity index (χ3v) is 6.89. The van der Waals surface area contributed by atoms with Gasteiger partial charge in [-0.05, 0) is 56.8 Å². The van der Waals surface area contributed by atoms with Crippen LogP contribution in [0.1, 0.15) is 38.5 Å². The summed E-state index contributed by atoms with van der Waals surface area (Å²) in [6.07, 6.45) is 8.42. The number of para-hydroxylation sites is 1. The molecule has 3 heteroatoms. The highest BCUT2D eigenvalue weighted by Crippen LogP contribution is 2.39. The Morgan fingerprint density at radius 2 is 1.76 bits per heavy atom. The van der Waals surface area contributed by atoms with Gasteiger partial charge in [-0.3, -0.25) is 0 Å². The SMILES string of the molecule is c1ccc(SC2CCCC2)c(NC2CN3CCC2CC3)c1. The van der Waals surface area contributed by atoms with Crippen LogP contribution in [0.4, 0.5) is 5.69 Å². The summed E-state index contributed by atoms with van der Waals surface area (Å²) in [5.41, 5.74) is 1.38. The molecule has 3 saturated heterocycles. The third-order valence-electron chi connectivity index (χ3n) is 5.48. The molecule has 1 saturated carbocycles. The molecule has 3 aliphatic heterocycles. The van der Waals surface area contributed by atoms with Crippen molar-refractivity contribution in [2.24, 2.45) is 5.92 Å². The van der Waals surface area contributed by atoms with Crippen LogP contribution in [-0.4, -0.2) is 35.8 Å². The van der Waals surface area contributed by atoms with Gasteiger partial charge in [-0.25, -0.2) is 0 Å². The summed E-state index contributed by atoms with van der Waals surface area (Å²) in [5.74, 6) is 0.888. The van der Waals surface area contributed by atoms with Gasteiger partial charge in [0.2, 0.25) is 0 Å². The second kappa shape index (κ2) is 6.21. The van der Waals surface area contributed by atoms with Gasteiger partial charge in [0.15, 0.2) is 0 Å². The van der Waals surface area contributed by atoms with E-state index < -0.39 is 0 Å². The van der Waals surface area contributed by atoms with Gasteiger partial charge in [-0.1, -0.05) is 25.0 Å². The smallest absolute Gasteiger partial charge is 0.0481 e. The largest absolute Gasteiger partial charge is 0.380 e. The molecule has 1 atom stereocenters. The molecule has 1 aromatic carbocycles. The van der Waals surface area contributed by atoms with Crippen molar-refractivity contribution in [1.82, 2.24) is 4.90 Å². The number of anilines is 1. The molecule has 1 N–H and O–H groups in total. The van der Waals surface area contributed by atoms with Gasteiger partial charge < -0.3 is 10.2 Å². The summed E-state index contributed by atoms with van der Waals surface area (Å²) in [4.78, 5) is 4.10. The number of fused-ring (bicyclic) bond motifs is 3. The molecular weight excluding hydrogens is 276 g/mol. The number of rotatable bonds is 4. The minimum absolute atomic E-state index is 0.665. The molecule has 0 aromatic heterocycles. The molecule has 1 aromatic rings. The number of thioether (sulfide) groups is 1. The lowest BCUT2D eigenvalue weighted by atomic mass is 9.84. The predicted octanol–water partition coefficient (Wildman–Crippen LogP) is 4.23. The molecule has 5 rings (SSSR count). The van der Waals surface area contributed by atoms with Crippen molar-refractivity contribution >= 4 is 17.4 Å². The average molecular weight is 302 g/mol. The average Bonchev–Trinajstić information content (AvgIpc) is 3.04. The highest BCUT2D eigenvalue weighted by molar-refractivity contribution is 8.00. The summed E-state index contributed by atoms with van der Waals surface area (Å²) >= 11 is 2.11. The Morgan fingerprint density at radius 3 is 2.48 bits per heavy atom. The van der Waals surface area contributed by atoms with Crippen molar-refractivity contribution in [2.45, 2.75) is 54.7 Å². The Kier molecular flexibility index (Phi) is 4.13. The Balaban J connectivity index is 1.46. The first kappa shape index (κ1) is 14.0. The maximum atomic E-state index is 3.89. The first-order chi connectivity index (χ1) is 10.4. The summed E-state index contributed by atoms with van der Waals surface area (Å²) in [6.45, 7) is 3.88. The Morgan fingerprint density at radius 1 is 1.00 bits per heavy atom. The van der Waals surface area contributed by atoms with E-state index in [2.05, 4.69) is 46.2 Å². The fraction of sp³-hybridized carbons (Fsp3) is 0.667. The van der Waals surface area contributed by atoms with Crippen molar-refractivity contribution in [3.05, 3.63) is 24.3 Å². The fourth-order valence-corrected chi connectivity index (χ4v) is 5.54. The number of piperidine rings is 3. The van der Waals surface area contributed by atoms with Crippen LogP contribution in [0, 0.1) is 5.92 Å². The number of hydrogen-bond acceptors (Lipinski definition) is 3. The molecule has 4 aliphatic rings. The number of nitrogens with one attached hydrogen (secondary N) is 1. The normalized spacial score (nSPS) is 32.5. The summed E-state index contributed by atoms with van der Waals surface area (Å²) in [6, 6.07) is 9.64. The van der Waals surface area contributed by atoms with Crippen molar-refractivity contribution < 1.29 is 0 Å². The molecule has 1 aliphatic carbocycles. The Bertz CT molecular complexity index is 476. The molecule has 4 fully saturated rings. The van der Waals surface area contributed by atoms with E-state index in [4.69, 9.17) is 0 Å². The van der Waals surface area contributed by atoms with Gasteiger partial charge in [-0.2, -0.15) is 0 Å². The van der Waals surface area contributed by atoms with Crippen molar-refractivity contribution in [3.63, 3.8) is 0 Å². The zero-order chi connectivity index (χ0) is 14.1. The Hall–Kier alpha value is -0.670. The molecule has 3 heterocycles. The standard InChI is InChI=1S/C18H26N2S/c1-2-6-15(5-1)21-18-8-4-3-7-16(18)19-17-13-20-11-9-14(17)10-12-20/h3-4,7-8,14-15,17,19H,1-2,5-6,9-13H2. The quantitative estimate of drug-likeness (QED) is 0.896. The van der Waals surface area contributed by atoms with E-state index in [1.165, 1.54) is 68.7 Å². The summed E-state index contributed by atoms with van der Waals surface area (Å²) in [7, 11) is 0. The van der Waals surface area contributed by atoms with Gasteiger partial charge in [0.1, 0.15) is 0 Å². The van der Waals surface area contributed by atoms with E-state index in [1.54, 1.807) is 0 Å². The Labute approximate surface area is 132 Å². The van der Waals surface area contributed by atoms with Crippen LogP contribution in [0.2, 0.25) is 0 Å². The minimum Gasteiger partial charge on any atom is -0.380 e. The van der Waals surface area contributed by atoms with E-state index in [-0.39, 0.29) is 0 Å². The minimum atomic E-state index is 0.665. The maximum Gasteiger partial charge on any atom is 0.0481 e. The summed E-state index contributed by atoms with van der Waals surface area (Å²) in [5, 5.41) is 4.74. The van der Waals surface area contributed by atoms with Crippen LogP contribution in [-0.2, 0) is 0 Å². The zero-order valence-electron chi connectivity index (χ0n) is 12.8. The van der Waals surface area contributed by atoms with E-state index in [0.29, 0.717) is 6.04 Å². The van der Waals surface area contributed by atoms with Crippen molar-refractivity contribution in [1.29, 1.82) is 0 Å². The molecular formula is C18H26N2S. The predicted molar refractivity (Wildman–Crippen MR) is 91.1 cm³/mol. The lowest BCUT2D eigenvalue weighted by molar-refractivity contribution is 0.0974. The molecule has 0 amide bonds. The third kappa shape index (κ3) is 3.09. The molecule has 0 spiro atoms. The molecule has 21 heavy (non-hydrogen) atoms. The molecule has 2 bridgehead atoms. The first-order valence-corrected chi connectivity index (χ1v) is 9.51.